The van der Waals surface area contributed by atoms with Crippen LogP contribution in [0.3, 0.4) is 0 Å². The molecule has 3 aromatic heterocycles. The molecule has 28 heavy (non-hydrogen) atoms. The average molecular weight is 433 g/mol. The van der Waals surface area contributed by atoms with Gasteiger partial charge in [-0.2, -0.15) is 0 Å². The van der Waals surface area contributed by atoms with E-state index in [9.17, 15) is 9.90 Å². The number of fused-ring (bicyclic) bond motifs is 1. The van der Waals surface area contributed by atoms with Crippen LogP contribution in [0.1, 0.15) is 28.3 Å². The molecule has 1 unspecified atom stereocenters. The number of benzene rings is 1. The van der Waals surface area contributed by atoms with Gasteiger partial charge in [0.2, 0.25) is 0 Å². The number of carboxylic acids is 1. The number of ether oxygens (including phenoxy) is 1. The number of pyridine rings is 1. The number of halogens is 2. The third kappa shape index (κ3) is 3.35. The summed E-state index contributed by atoms with van der Waals surface area (Å²) in [6.45, 7) is 1.78. The molecule has 5 nitrogen and oxygen atoms in total. The van der Waals surface area contributed by atoms with Gasteiger partial charge in [0.1, 0.15) is 17.5 Å². The third-order valence-electron chi connectivity index (χ3n) is 4.27. The second-order valence-electron chi connectivity index (χ2n) is 6.08. The van der Waals surface area contributed by atoms with Gasteiger partial charge < -0.3 is 9.84 Å². The predicted molar refractivity (Wildman–Crippen MR) is 111 cm³/mol. The quantitative estimate of drug-likeness (QED) is 0.407. The lowest BCUT2D eigenvalue weighted by Gasteiger charge is -2.17. The Hall–Kier alpha value is -2.54. The van der Waals surface area contributed by atoms with Crippen molar-refractivity contribution in [1.29, 1.82) is 0 Å². The van der Waals surface area contributed by atoms with Crippen LogP contribution in [0.4, 0.5) is 0 Å². The van der Waals surface area contributed by atoms with E-state index in [1.165, 1.54) is 0 Å². The number of carboxylic acid groups (broad SMARTS) is 1. The molecule has 1 atom stereocenters. The summed E-state index contributed by atoms with van der Waals surface area (Å²) in [5.74, 6) is -0.792. The van der Waals surface area contributed by atoms with Crippen LogP contribution in [0.15, 0.2) is 54.9 Å². The van der Waals surface area contributed by atoms with Crippen molar-refractivity contribution >= 4 is 46.2 Å². The Labute approximate surface area is 174 Å². The molecule has 1 aromatic carbocycles. The van der Waals surface area contributed by atoms with Gasteiger partial charge in [-0.1, -0.05) is 35.3 Å². The summed E-state index contributed by atoms with van der Waals surface area (Å²) in [5, 5.41) is 10.6. The minimum atomic E-state index is -1.06. The zero-order valence-electron chi connectivity index (χ0n) is 14.6. The third-order valence-corrected chi connectivity index (χ3v) is 6.06. The zero-order chi connectivity index (χ0) is 19.8. The molecule has 0 aliphatic rings. The van der Waals surface area contributed by atoms with Crippen LogP contribution in [0.25, 0.3) is 16.2 Å². The number of rotatable bonds is 5. The first kappa shape index (κ1) is 18.8. The number of nitrogens with zero attached hydrogens (tertiary/aromatic N) is 2. The lowest BCUT2D eigenvalue weighted by atomic mass is 10.1. The molecule has 0 aliphatic heterocycles. The van der Waals surface area contributed by atoms with E-state index in [1.807, 2.05) is 28.8 Å². The fourth-order valence-electron chi connectivity index (χ4n) is 3.00. The lowest BCUT2D eigenvalue weighted by Crippen LogP contribution is -2.06. The van der Waals surface area contributed by atoms with E-state index >= 15 is 0 Å². The number of carbonyl (C=O) groups is 1. The number of hydrogen-bond donors (Lipinski definition) is 1. The van der Waals surface area contributed by atoms with Crippen molar-refractivity contribution in [2.75, 3.05) is 0 Å². The predicted octanol–water partition coefficient (Wildman–Crippen LogP) is 6.21. The summed E-state index contributed by atoms with van der Waals surface area (Å²) < 4.78 is 7.87. The molecule has 8 heteroatoms. The fourth-order valence-corrected chi connectivity index (χ4v) is 4.64. The van der Waals surface area contributed by atoms with Crippen LogP contribution in [0.5, 0.6) is 5.75 Å². The highest BCUT2D eigenvalue weighted by molar-refractivity contribution is 7.17. The number of thiophene rings is 1. The fraction of sp³-hybridized carbons (Fsp3) is 0.100. The van der Waals surface area contributed by atoms with Crippen molar-refractivity contribution in [3.05, 3.63) is 75.3 Å². The Balaban J connectivity index is 1.74. The van der Waals surface area contributed by atoms with E-state index in [1.54, 1.807) is 37.4 Å². The Kier molecular flexibility index (Phi) is 5.02. The van der Waals surface area contributed by atoms with Crippen molar-refractivity contribution in [2.24, 2.45) is 0 Å². The molecular weight excluding hydrogens is 419 g/mol. The molecule has 0 bridgehead atoms. The Morgan fingerprint density at radius 1 is 1.21 bits per heavy atom. The average Bonchev–Trinajstić information content (AvgIpc) is 3.25. The van der Waals surface area contributed by atoms with E-state index in [4.69, 9.17) is 27.9 Å². The van der Waals surface area contributed by atoms with Crippen LogP contribution in [0.2, 0.25) is 10.0 Å². The van der Waals surface area contributed by atoms with Gasteiger partial charge in [0.15, 0.2) is 4.88 Å². The molecule has 0 aliphatic carbocycles. The molecule has 0 saturated carbocycles. The summed E-state index contributed by atoms with van der Waals surface area (Å²) >= 11 is 13.6. The largest absolute Gasteiger partial charge is 0.484 e. The number of imidazole rings is 1. The smallest absolute Gasteiger partial charge is 0.349 e. The summed E-state index contributed by atoms with van der Waals surface area (Å²) in [6, 6.07) is 12.6. The van der Waals surface area contributed by atoms with Gasteiger partial charge in [0.05, 0.1) is 16.8 Å². The van der Waals surface area contributed by atoms with Crippen LogP contribution in [0, 0.1) is 0 Å². The van der Waals surface area contributed by atoms with E-state index in [-0.39, 0.29) is 10.6 Å². The van der Waals surface area contributed by atoms with Crippen molar-refractivity contribution in [2.45, 2.75) is 13.0 Å². The van der Waals surface area contributed by atoms with Crippen molar-refractivity contribution in [1.82, 2.24) is 9.38 Å². The topological polar surface area (TPSA) is 63.8 Å². The zero-order valence-corrected chi connectivity index (χ0v) is 16.9. The number of aromatic carboxylic acids is 1. The molecule has 0 radical (unpaired) electrons. The molecule has 142 valence electrons. The molecule has 0 amide bonds. The first-order chi connectivity index (χ1) is 13.5. The van der Waals surface area contributed by atoms with Gasteiger partial charge in [0.25, 0.3) is 0 Å². The number of hydrogen-bond acceptors (Lipinski definition) is 4. The van der Waals surface area contributed by atoms with Crippen LogP contribution >= 0.6 is 34.5 Å². The van der Waals surface area contributed by atoms with Gasteiger partial charge in [-0.25, -0.2) is 9.78 Å². The van der Waals surface area contributed by atoms with E-state index < -0.39 is 12.1 Å². The Bertz CT molecular complexity index is 1170. The van der Waals surface area contributed by atoms with Crippen molar-refractivity contribution in [3.8, 4) is 16.3 Å². The van der Waals surface area contributed by atoms with Gasteiger partial charge in [-0.15, -0.1) is 11.3 Å². The minimum Gasteiger partial charge on any atom is -0.484 e. The summed E-state index contributed by atoms with van der Waals surface area (Å²) in [6.07, 6.45) is 3.07. The molecule has 0 fully saturated rings. The molecule has 1 N–H and O–H groups in total. The second-order valence-corrected chi connectivity index (χ2v) is 7.94. The highest BCUT2D eigenvalue weighted by atomic mass is 35.5. The SMILES string of the molecule is CC(Oc1cc(-c2cnc3ccccn23)sc1C(=O)O)c1c(Cl)cccc1Cl. The molecule has 3 heterocycles. The maximum Gasteiger partial charge on any atom is 0.349 e. The summed E-state index contributed by atoms with van der Waals surface area (Å²) in [4.78, 5) is 17.0. The standard InChI is InChI=1S/C20H14Cl2N2O3S/c1-11(18-12(21)5-4-6-13(18)22)27-15-9-16(28-19(15)20(25)26)14-10-23-17-7-2-3-8-24(14)17/h2-11H,1H3,(H,25,26). The maximum absolute atomic E-state index is 11.8. The van der Waals surface area contributed by atoms with Gasteiger partial charge >= 0.3 is 5.97 Å². The Morgan fingerprint density at radius 3 is 2.68 bits per heavy atom. The van der Waals surface area contributed by atoms with E-state index in [0.717, 1.165) is 27.6 Å². The maximum atomic E-state index is 11.8. The monoisotopic (exact) mass is 432 g/mol. The molecule has 0 spiro atoms. The molecule has 0 saturated heterocycles. The molecule has 4 aromatic rings. The highest BCUT2D eigenvalue weighted by Gasteiger charge is 2.23. The normalized spacial score (nSPS) is 12.2. The van der Waals surface area contributed by atoms with Gasteiger partial charge in [-0.3, -0.25) is 4.40 Å². The first-order valence-corrected chi connectivity index (χ1v) is 9.93. The van der Waals surface area contributed by atoms with Gasteiger partial charge in [-0.05, 0) is 31.2 Å². The van der Waals surface area contributed by atoms with Crippen molar-refractivity contribution in [3.63, 3.8) is 0 Å². The Morgan fingerprint density at radius 2 is 1.96 bits per heavy atom. The van der Waals surface area contributed by atoms with E-state index in [0.29, 0.717) is 15.6 Å². The van der Waals surface area contributed by atoms with E-state index in [2.05, 4.69) is 4.98 Å². The van der Waals surface area contributed by atoms with Crippen molar-refractivity contribution < 1.29 is 14.6 Å². The van der Waals surface area contributed by atoms with Crippen LogP contribution < -0.4 is 4.74 Å². The van der Waals surface area contributed by atoms with Gasteiger partial charge in [0, 0.05) is 27.9 Å². The highest BCUT2D eigenvalue weighted by Crippen LogP contribution is 2.40. The second kappa shape index (κ2) is 7.47. The summed E-state index contributed by atoms with van der Waals surface area (Å²) in [5.41, 5.74) is 2.19. The number of aromatic nitrogens is 2. The first-order valence-electron chi connectivity index (χ1n) is 8.36. The molecular formula is C20H14Cl2N2O3S. The molecule has 4 rings (SSSR count). The van der Waals surface area contributed by atoms with Crippen LogP contribution in [-0.2, 0) is 0 Å². The van der Waals surface area contributed by atoms with Crippen LogP contribution in [-0.4, -0.2) is 20.5 Å². The minimum absolute atomic E-state index is 0.107. The summed E-state index contributed by atoms with van der Waals surface area (Å²) in [7, 11) is 0. The lowest BCUT2D eigenvalue weighted by molar-refractivity contribution is 0.0696.